The highest BCUT2D eigenvalue weighted by Crippen LogP contribution is 2.47. The van der Waals surface area contributed by atoms with Crippen molar-refractivity contribution in [1.82, 2.24) is 0 Å². The van der Waals surface area contributed by atoms with Crippen molar-refractivity contribution < 1.29 is 68.6 Å². The molecule has 6 N–H and O–H groups in total. The number of carboxylic acid groups (broad SMARTS) is 1. The van der Waals surface area contributed by atoms with Crippen LogP contribution in [0.3, 0.4) is 0 Å². The van der Waals surface area contributed by atoms with E-state index < -0.39 is 77.8 Å². The third-order valence-corrected chi connectivity index (χ3v) is 14.1. The summed E-state index contributed by atoms with van der Waals surface area (Å²) < 4.78 is 45.1. The van der Waals surface area contributed by atoms with Crippen molar-refractivity contribution in [2.75, 3.05) is 13.2 Å². The molecule has 7 heterocycles. The van der Waals surface area contributed by atoms with Crippen molar-refractivity contribution >= 4 is 5.97 Å². The SMILES string of the molecule is C=C1[C@@H](O)[C@@H]2O[C@]3(CC[C@H](/C=C/[C@@H](C)[C@@H]4CC(CO)=C[C@@]5(O[C@H](C[C@@](C)(O)C(=O)O)CC[C@H]5O)O4)O3)CC[C@H]2O[C@@H]1[C@@H](O)C[C@H](C)[C@H]1O[C@@]2(CCCCO2)CC[C@H]1C. The Balaban J connectivity index is 0.929. The number of fused-ring (bicyclic) bond motifs is 1. The molecule has 0 radical (unpaired) electrons. The zero-order valence-corrected chi connectivity index (χ0v) is 34.7. The fourth-order valence-corrected chi connectivity index (χ4v) is 10.5. The Morgan fingerprint density at radius 3 is 2.48 bits per heavy atom. The molecular weight excluding hydrogens is 752 g/mol. The maximum absolute atomic E-state index is 11.6. The first-order valence-electron chi connectivity index (χ1n) is 21.8. The first kappa shape index (κ1) is 44.3. The summed E-state index contributed by atoms with van der Waals surface area (Å²) >= 11 is 0. The first-order valence-corrected chi connectivity index (χ1v) is 21.8. The quantitative estimate of drug-likeness (QED) is 0.162. The van der Waals surface area contributed by atoms with E-state index >= 15 is 0 Å². The van der Waals surface area contributed by atoms with E-state index in [0.717, 1.165) is 38.7 Å². The van der Waals surface area contributed by atoms with E-state index in [9.17, 15) is 35.4 Å². The van der Waals surface area contributed by atoms with Gasteiger partial charge in [-0.2, -0.15) is 0 Å². The molecule has 14 heteroatoms. The summed E-state index contributed by atoms with van der Waals surface area (Å²) in [5.74, 6) is -4.19. The van der Waals surface area contributed by atoms with Crippen molar-refractivity contribution in [2.45, 2.75) is 202 Å². The average Bonchev–Trinajstić information content (AvgIpc) is 3.59. The molecule has 7 rings (SSSR count). The second kappa shape index (κ2) is 17.5. The standard InChI is InChI=1S/C44H68O14/c1-25(34-21-29(24-45)22-44(56-34)35(47)11-10-31(55-44)23-41(5,51)40(49)50)8-9-30-13-17-43(54-30)18-14-33-39(58-43)36(48)28(4)38(53-33)32(46)20-27(3)37-26(2)12-16-42(57-37)15-6-7-19-52-42/h8-9,22,25-27,30-39,45-48,51H,4,6-7,10-21,23-24H2,1-3,5H3,(H,49,50)/b9-8+/t25-,26-,27+,30+,31+,32+,33-,34+,35-,36-,37+,38+,39-,41-,42+,43-,44-/m1/s1. The molecule has 6 fully saturated rings. The number of aliphatic hydroxyl groups is 5. The van der Waals surface area contributed by atoms with E-state index in [1.165, 1.54) is 6.92 Å². The molecule has 328 valence electrons. The van der Waals surface area contributed by atoms with Gasteiger partial charge in [0.2, 0.25) is 5.79 Å². The molecule has 0 aromatic rings. The topological polar surface area (TPSA) is 203 Å². The van der Waals surface area contributed by atoms with Crippen LogP contribution in [0.5, 0.6) is 0 Å². The summed E-state index contributed by atoms with van der Waals surface area (Å²) in [6.45, 7) is 12.1. The Morgan fingerprint density at radius 1 is 1.00 bits per heavy atom. The average molecular weight is 821 g/mol. The minimum atomic E-state index is -2.01. The Labute approximate surface area is 342 Å². The third kappa shape index (κ3) is 9.19. The number of carbonyl (C=O) groups is 1. The zero-order valence-electron chi connectivity index (χ0n) is 34.7. The van der Waals surface area contributed by atoms with Crippen molar-refractivity contribution in [2.24, 2.45) is 17.8 Å². The summed E-state index contributed by atoms with van der Waals surface area (Å²) in [6, 6.07) is 0. The van der Waals surface area contributed by atoms with Crippen LogP contribution >= 0.6 is 0 Å². The van der Waals surface area contributed by atoms with Gasteiger partial charge in [-0.1, -0.05) is 39.5 Å². The van der Waals surface area contributed by atoms with Crippen LogP contribution in [0.1, 0.15) is 118 Å². The molecule has 7 aliphatic heterocycles. The van der Waals surface area contributed by atoms with E-state index in [-0.39, 0.29) is 43.5 Å². The van der Waals surface area contributed by atoms with Crippen molar-refractivity contribution in [3.05, 3.63) is 36.0 Å². The number of aliphatic hydroxyl groups excluding tert-OH is 4. The molecule has 0 saturated carbocycles. The molecule has 0 amide bonds. The van der Waals surface area contributed by atoms with Gasteiger partial charge >= 0.3 is 5.97 Å². The maximum atomic E-state index is 11.6. The molecule has 6 saturated heterocycles. The smallest absolute Gasteiger partial charge is 0.335 e. The van der Waals surface area contributed by atoms with Crippen LogP contribution in [-0.2, 0) is 38.0 Å². The molecule has 0 aliphatic carbocycles. The monoisotopic (exact) mass is 820 g/mol. The second-order valence-corrected chi connectivity index (χ2v) is 18.8. The molecule has 0 unspecified atom stereocenters. The first-order chi connectivity index (χ1) is 27.5. The zero-order chi connectivity index (χ0) is 41.6. The van der Waals surface area contributed by atoms with E-state index in [1.54, 1.807) is 6.08 Å². The number of aliphatic carboxylic acids is 1. The van der Waals surface area contributed by atoms with Crippen LogP contribution in [-0.4, -0.2) is 134 Å². The van der Waals surface area contributed by atoms with E-state index in [2.05, 4.69) is 20.4 Å². The fourth-order valence-electron chi connectivity index (χ4n) is 10.5. The largest absolute Gasteiger partial charge is 0.479 e. The predicted octanol–water partition coefficient (Wildman–Crippen LogP) is 4.19. The van der Waals surface area contributed by atoms with Crippen LogP contribution < -0.4 is 0 Å². The lowest BCUT2D eigenvalue weighted by atomic mass is 9.79. The van der Waals surface area contributed by atoms with Gasteiger partial charge in [0.05, 0.1) is 49.8 Å². The molecule has 3 spiro atoms. The highest BCUT2D eigenvalue weighted by molar-refractivity contribution is 5.76. The van der Waals surface area contributed by atoms with Crippen LogP contribution in [0.4, 0.5) is 0 Å². The lowest BCUT2D eigenvalue weighted by molar-refractivity contribution is -0.321. The van der Waals surface area contributed by atoms with Crippen molar-refractivity contribution in [3.8, 4) is 0 Å². The van der Waals surface area contributed by atoms with Gasteiger partial charge in [-0.05, 0) is 93.8 Å². The molecular formula is C44H68O14. The van der Waals surface area contributed by atoms with Gasteiger partial charge in [0, 0.05) is 38.0 Å². The van der Waals surface area contributed by atoms with Gasteiger partial charge in [-0.25, -0.2) is 4.79 Å². The number of carboxylic acids is 1. The van der Waals surface area contributed by atoms with E-state index in [0.29, 0.717) is 62.0 Å². The number of hydrogen-bond donors (Lipinski definition) is 6. The van der Waals surface area contributed by atoms with Gasteiger partial charge in [0.25, 0.3) is 0 Å². The molecule has 0 aromatic carbocycles. The molecule has 7 aliphatic rings. The Hall–Kier alpha value is -1.79. The molecule has 0 bridgehead atoms. The van der Waals surface area contributed by atoms with E-state index in [4.69, 9.17) is 33.2 Å². The Kier molecular flexibility index (Phi) is 13.4. The van der Waals surface area contributed by atoms with Gasteiger partial charge in [0.15, 0.2) is 17.2 Å². The van der Waals surface area contributed by atoms with Gasteiger partial charge in [0.1, 0.15) is 24.4 Å². The number of ether oxygens (including phenoxy) is 7. The van der Waals surface area contributed by atoms with Gasteiger partial charge in [-0.15, -0.1) is 0 Å². The lowest BCUT2D eigenvalue weighted by Crippen LogP contribution is -2.60. The predicted molar refractivity (Wildman–Crippen MR) is 209 cm³/mol. The highest BCUT2D eigenvalue weighted by Gasteiger charge is 2.55. The molecule has 14 nitrogen and oxygen atoms in total. The number of hydrogen-bond acceptors (Lipinski definition) is 13. The van der Waals surface area contributed by atoms with Crippen LogP contribution in [0.25, 0.3) is 0 Å². The Morgan fingerprint density at radius 2 is 1.76 bits per heavy atom. The van der Waals surface area contributed by atoms with Crippen molar-refractivity contribution in [1.29, 1.82) is 0 Å². The van der Waals surface area contributed by atoms with Gasteiger partial charge < -0.3 is 63.8 Å². The highest BCUT2D eigenvalue weighted by atomic mass is 16.7. The number of rotatable bonds is 11. The molecule has 58 heavy (non-hydrogen) atoms. The van der Waals surface area contributed by atoms with Crippen LogP contribution in [0.15, 0.2) is 36.0 Å². The summed E-state index contributed by atoms with van der Waals surface area (Å²) in [5.41, 5.74) is -0.975. The van der Waals surface area contributed by atoms with Gasteiger partial charge in [-0.3, -0.25) is 0 Å². The summed E-state index contributed by atoms with van der Waals surface area (Å²) in [7, 11) is 0. The summed E-state index contributed by atoms with van der Waals surface area (Å²) in [4.78, 5) is 11.6. The van der Waals surface area contributed by atoms with Crippen molar-refractivity contribution in [3.63, 3.8) is 0 Å². The minimum absolute atomic E-state index is 0.0390. The summed E-state index contributed by atoms with van der Waals surface area (Å²) in [6.07, 6.45) is 7.96. The normalized spacial score (nSPS) is 44.8. The fraction of sp³-hybridized carbons (Fsp3) is 0.841. The van der Waals surface area contributed by atoms with Crippen LogP contribution in [0.2, 0.25) is 0 Å². The Bertz CT molecular complexity index is 1520. The molecule has 0 aromatic heterocycles. The lowest BCUT2D eigenvalue weighted by Gasteiger charge is -2.50. The minimum Gasteiger partial charge on any atom is -0.479 e. The second-order valence-electron chi connectivity index (χ2n) is 18.8. The molecule has 17 atom stereocenters. The maximum Gasteiger partial charge on any atom is 0.335 e. The van der Waals surface area contributed by atoms with E-state index in [1.807, 2.05) is 19.1 Å². The van der Waals surface area contributed by atoms with Crippen LogP contribution in [0, 0.1) is 17.8 Å². The third-order valence-electron chi connectivity index (χ3n) is 14.1. The summed E-state index contributed by atoms with van der Waals surface area (Å²) in [5, 5.41) is 64.2.